The van der Waals surface area contributed by atoms with Gasteiger partial charge in [0, 0.05) is 18.5 Å². The molecule has 12 heavy (non-hydrogen) atoms. The van der Waals surface area contributed by atoms with Crippen molar-refractivity contribution in [3.63, 3.8) is 0 Å². The van der Waals surface area contributed by atoms with E-state index in [1.54, 1.807) is 23.1 Å². The lowest BCUT2D eigenvalue weighted by Gasteiger charge is -1.96. The van der Waals surface area contributed by atoms with Gasteiger partial charge >= 0.3 is 0 Å². The monoisotopic (exact) mass is 159 g/mol. The highest BCUT2D eigenvalue weighted by molar-refractivity contribution is 5.26. The number of nitrogens with one attached hydrogen (secondary N) is 1. The molecular formula is C8H7N4. The van der Waals surface area contributed by atoms with Gasteiger partial charge in [0.15, 0.2) is 11.6 Å². The number of aromatic nitrogens is 3. The molecule has 4 heteroatoms. The van der Waals surface area contributed by atoms with E-state index in [0.717, 1.165) is 5.82 Å². The first-order chi connectivity index (χ1) is 5.86. The van der Waals surface area contributed by atoms with Crippen LogP contribution in [0.2, 0.25) is 0 Å². The van der Waals surface area contributed by atoms with Gasteiger partial charge in [-0.05, 0) is 12.1 Å². The van der Waals surface area contributed by atoms with Crippen LogP contribution >= 0.6 is 0 Å². The first kappa shape index (κ1) is 6.84. The Hall–Kier alpha value is -1.84. The molecule has 2 aromatic heterocycles. The van der Waals surface area contributed by atoms with Gasteiger partial charge in [-0.1, -0.05) is 6.07 Å². The standard InChI is InChI=1S/C8H7N4/c9-7-4-6-12(11-7)8-3-1-2-5-10-8/h1-6,9H. The van der Waals surface area contributed by atoms with E-state index in [4.69, 9.17) is 5.73 Å². The van der Waals surface area contributed by atoms with Crippen LogP contribution in [-0.2, 0) is 0 Å². The van der Waals surface area contributed by atoms with Gasteiger partial charge in [-0.15, -0.1) is 5.10 Å². The zero-order valence-corrected chi connectivity index (χ0v) is 6.31. The molecule has 0 amide bonds. The highest BCUT2D eigenvalue weighted by Gasteiger charge is 1.97. The van der Waals surface area contributed by atoms with Gasteiger partial charge in [0.2, 0.25) is 0 Å². The first-order valence-electron chi connectivity index (χ1n) is 3.55. The topological polar surface area (TPSA) is 54.5 Å². The van der Waals surface area contributed by atoms with Crippen molar-refractivity contribution < 1.29 is 0 Å². The summed E-state index contributed by atoms with van der Waals surface area (Å²) in [4.78, 5) is 4.08. The van der Waals surface area contributed by atoms with Crippen molar-refractivity contribution in [1.82, 2.24) is 20.5 Å². The Morgan fingerprint density at radius 3 is 2.75 bits per heavy atom. The van der Waals surface area contributed by atoms with Gasteiger partial charge in [0.25, 0.3) is 0 Å². The normalized spacial score (nSPS) is 10.0. The SMILES string of the molecule is [NH]c1ccn(-c2ccccn2)n1. The van der Waals surface area contributed by atoms with Gasteiger partial charge in [0.05, 0.1) is 0 Å². The Kier molecular flexibility index (Phi) is 1.51. The maximum absolute atomic E-state index is 7.21. The predicted octanol–water partition coefficient (Wildman–Crippen LogP) is 1.18. The number of hydrogen-bond donors (Lipinski definition) is 0. The van der Waals surface area contributed by atoms with Crippen LogP contribution in [0.3, 0.4) is 0 Å². The summed E-state index contributed by atoms with van der Waals surface area (Å²) in [7, 11) is 0. The Bertz CT molecular complexity index is 366. The molecule has 2 heterocycles. The molecule has 0 aliphatic heterocycles. The smallest absolute Gasteiger partial charge is 0.166 e. The molecule has 0 aromatic carbocycles. The number of pyridine rings is 1. The largest absolute Gasteiger partial charge is 0.281 e. The molecule has 1 N–H and O–H groups in total. The summed E-state index contributed by atoms with van der Waals surface area (Å²) < 4.78 is 1.57. The van der Waals surface area contributed by atoms with E-state index in [2.05, 4.69) is 10.1 Å². The number of nitrogens with zero attached hydrogens (tertiary/aromatic N) is 3. The summed E-state index contributed by atoms with van der Waals surface area (Å²) >= 11 is 0. The van der Waals surface area contributed by atoms with Crippen molar-refractivity contribution in [2.75, 3.05) is 0 Å². The van der Waals surface area contributed by atoms with Crippen LogP contribution in [0.1, 0.15) is 0 Å². The minimum Gasteiger partial charge on any atom is -0.281 e. The van der Waals surface area contributed by atoms with Gasteiger partial charge in [-0.3, -0.25) is 5.73 Å². The highest BCUT2D eigenvalue weighted by atomic mass is 15.3. The molecule has 2 rings (SSSR count). The Morgan fingerprint density at radius 1 is 1.25 bits per heavy atom. The maximum Gasteiger partial charge on any atom is 0.166 e. The van der Waals surface area contributed by atoms with Crippen molar-refractivity contribution >= 4 is 5.82 Å². The third kappa shape index (κ3) is 1.14. The van der Waals surface area contributed by atoms with E-state index in [9.17, 15) is 0 Å². The molecular weight excluding hydrogens is 152 g/mol. The average Bonchev–Trinajstić information content (AvgIpc) is 2.54. The van der Waals surface area contributed by atoms with E-state index in [1.165, 1.54) is 0 Å². The summed E-state index contributed by atoms with van der Waals surface area (Å²) in [6, 6.07) is 7.18. The predicted molar refractivity (Wildman–Crippen MR) is 44.1 cm³/mol. The zero-order chi connectivity index (χ0) is 8.39. The van der Waals surface area contributed by atoms with E-state index in [0.29, 0.717) is 0 Å². The third-order valence-corrected chi connectivity index (χ3v) is 1.47. The van der Waals surface area contributed by atoms with Crippen molar-refractivity contribution in [2.45, 2.75) is 0 Å². The molecule has 0 unspecified atom stereocenters. The van der Waals surface area contributed by atoms with Crippen LogP contribution in [0.5, 0.6) is 0 Å². The number of rotatable bonds is 1. The highest BCUT2D eigenvalue weighted by Crippen LogP contribution is 2.04. The summed E-state index contributed by atoms with van der Waals surface area (Å²) in [5.41, 5.74) is 7.21. The summed E-state index contributed by atoms with van der Waals surface area (Å²) in [6.07, 6.45) is 3.41. The molecule has 4 nitrogen and oxygen atoms in total. The van der Waals surface area contributed by atoms with Crippen molar-refractivity contribution in [1.29, 1.82) is 0 Å². The fourth-order valence-electron chi connectivity index (χ4n) is 0.941. The maximum atomic E-state index is 7.21. The molecule has 0 aliphatic carbocycles. The van der Waals surface area contributed by atoms with Crippen molar-refractivity contribution in [3.8, 4) is 5.82 Å². The van der Waals surface area contributed by atoms with Crippen molar-refractivity contribution in [3.05, 3.63) is 36.7 Å². The summed E-state index contributed by atoms with van der Waals surface area (Å²) in [5.74, 6) is 0.983. The van der Waals surface area contributed by atoms with Crippen LogP contribution in [0.4, 0.5) is 5.82 Å². The van der Waals surface area contributed by atoms with E-state index in [-0.39, 0.29) is 5.82 Å². The average molecular weight is 159 g/mol. The Labute approximate surface area is 69.7 Å². The van der Waals surface area contributed by atoms with Crippen molar-refractivity contribution in [2.24, 2.45) is 0 Å². The third-order valence-electron chi connectivity index (χ3n) is 1.47. The fourth-order valence-corrected chi connectivity index (χ4v) is 0.941. The molecule has 0 bridgehead atoms. The quantitative estimate of drug-likeness (QED) is 0.627. The zero-order valence-electron chi connectivity index (χ0n) is 6.31. The van der Waals surface area contributed by atoms with Gasteiger partial charge in [-0.25, -0.2) is 9.67 Å². The summed E-state index contributed by atoms with van der Waals surface area (Å²) in [5, 5.41) is 3.90. The van der Waals surface area contributed by atoms with Crippen LogP contribution < -0.4 is 5.73 Å². The van der Waals surface area contributed by atoms with E-state index >= 15 is 0 Å². The number of hydrogen-bond acceptors (Lipinski definition) is 2. The van der Waals surface area contributed by atoms with Crippen LogP contribution in [0.25, 0.3) is 5.82 Å². The molecule has 1 radical (unpaired) electrons. The molecule has 0 spiro atoms. The first-order valence-corrected chi connectivity index (χ1v) is 3.55. The Morgan fingerprint density at radius 2 is 2.17 bits per heavy atom. The van der Waals surface area contributed by atoms with Gasteiger partial charge < -0.3 is 0 Å². The van der Waals surface area contributed by atoms with E-state index < -0.39 is 0 Å². The molecule has 0 aliphatic rings. The molecule has 0 atom stereocenters. The lowest BCUT2D eigenvalue weighted by molar-refractivity contribution is 0.845. The second-order valence-corrected chi connectivity index (χ2v) is 2.33. The van der Waals surface area contributed by atoms with Gasteiger partial charge in [0.1, 0.15) is 0 Å². The fraction of sp³-hybridized carbons (Fsp3) is 0. The lowest BCUT2D eigenvalue weighted by Crippen LogP contribution is -1.96. The molecule has 2 aromatic rings. The van der Waals surface area contributed by atoms with Crippen LogP contribution in [0, 0.1) is 0 Å². The molecule has 0 fully saturated rings. The van der Waals surface area contributed by atoms with E-state index in [1.807, 2.05) is 18.2 Å². The second kappa shape index (κ2) is 2.65. The molecule has 0 saturated heterocycles. The molecule has 59 valence electrons. The second-order valence-electron chi connectivity index (χ2n) is 2.33. The lowest BCUT2D eigenvalue weighted by atomic mass is 10.5. The van der Waals surface area contributed by atoms with Crippen LogP contribution in [-0.4, -0.2) is 14.8 Å². The molecule has 0 saturated carbocycles. The minimum atomic E-state index is 0.251. The summed E-state index contributed by atoms with van der Waals surface area (Å²) in [6.45, 7) is 0. The van der Waals surface area contributed by atoms with Gasteiger partial charge in [-0.2, -0.15) is 0 Å². The van der Waals surface area contributed by atoms with Crippen LogP contribution in [0.15, 0.2) is 36.7 Å². The minimum absolute atomic E-state index is 0.251. The Balaban J connectivity index is 2.45.